The third kappa shape index (κ3) is 7.68. The molecule has 3 rings (SSSR count). The van der Waals surface area contributed by atoms with Gasteiger partial charge in [-0.15, -0.1) is 0 Å². The van der Waals surface area contributed by atoms with Crippen LogP contribution in [0.2, 0.25) is 25.7 Å². The summed E-state index contributed by atoms with van der Waals surface area (Å²) in [6.45, 7) is 7.43. The lowest BCUT2D eigenvalue weighted by Gasteiger charge is -2.31. The Labute approximate surface area is 202 Å². The van der Waals surface area contributed by atoms with Crippen LogP contribution in [0.15, 0.2) is 60.7 Å². The maximum Gasteiger partial charge on any atom is 0.408 e. The van der Waals surface area contributed by atoms with Gasteiger partial charge < -0.3 is 24.6 Å². The van der Waals surface area contributed by atoms with Gasteiger partial charge in [-0.05, 0) is 23.6 Å². The molecule has 3 unspecified atom stereocenters. The fraction of sp³-hybridized carbons (Fsp3) is 0.462. The van der Waals surface area contributed by atoms with Crippen molar-refractivity contribution in [2.45, 2.75) is 62.7 Å². The first-order chi connectivity index (χ1) is 16.2. The van der Waals surface area contributed by atoms with Gasteiger partial charge in [-0.3, -0.25) is 0 Å². The number of amides is 1. The quantitative estimate of drug-likeness (QED) is 0.277. The second-order valence-corrected chi connectivity index (χ2v) is 15.7. The summed E-state index contributed by atoms with van der Waals surface area (Å²) < 4.78 is 17.4. The minimum Gasteiger partial charge on any atom is -0.478 e. The van der Waals surface area contributed by atoms with E-state index in [4.69, 9.17) is 14.2 Å². The molecule has 34 heavy (non-hydrogen) atoms. The van der Waals surface area contributed by atoms with E-state index in [2.05, 4.69) is 25.0 Å². The van der Waals surface area contributed by atoms with Gasteiger partial charge in [0.05, 0.1) is 12.1 Å². The molecule has 0 bridgehead atoms. The van der Waals surface area contributed by atoms with E-state index in [1.807, 2.05) is 60.7 Å². The number of carbonyl (C=O) groups is 2. The molecule has 0 spiro atoms. The molecule has 2 N–H and O–H groups in total. The molecule has 8 heteroatoms. The summed E-state index contributed by atoms with van der Waals surface area (Å²) in [6.07, 6.45) is -0.838. The fourth-order valence-electron chi connectivity index (χ4n) is 4.00. The summed E-state index contributed by atoms with van der Waals surface area (Å²) in [5, 5.41) is 13.0. The Morgan fingerprint density at radius 3 is 2.29 bits per heavy atom. The van der Waals surface area contributed by atoms with E-state index < -0.39 is 37.9 Å². The van der Waals surface area contributed by atoms with Crippen molar-refractivity contribution < 1.29 is 28.9 Å². The number of carboxylic acids is 1. The van der Waals surface area contributed by atoms with Crippen molar-refractivity contribution in [1.82, 2.24) is 5.32 Å². The molecule has 1 amide bonds. The molecule has 1 heterocycles. The molecule has 2 aromatic rings. The number of aliphatic carboxylic acids is 1. The highest BCUT2D eigenvalue weighted by Gasteiger charge is 2.49. The van der Waals surface area contributed by atoms with E-state index in [1.54, 1.807) is 0 Å². The number of nitrogens with one attached hydrogen (secondary N) is 1. The van der Waals surface area contributed by atoms with Crippen LogP contribution in [-0.4, -0.2) is 56.4 Å². The maximum absolute atomic E-state index is 12.7. The zero-order valence-electron chi connectivity index (χ0n) is 20.2. The Morgan fingerprint density at radius 1 is 1.09 bits per heavy atom. The number of carbonyl (C=O) groups excluding carboxylic acids is 1. The third-order valence-electron chi connectivity index (χ3n) is 5.95. The number of hydrogen-bond donors (Lipinski definition) is 2. The van der Waals surface area contributed by atoms with Gasteiger partial charge in [0.1, 0.15) is 6.79 Å². The molecule has 0 radical (unpaired) electrons. The number of cyclic esters (lactones) is 1. The zero-order valence-corrected chi connectivity index (χ0v) is 21.2. The summed E-state index contributed by atoms with van der Waals surface area (Å²) in [4.78, 5) is 25.2. The highest BCUT2D eigenvalue weighted by molar-refractivity contribution is 6.76. The Bertz CT molecular complexity index is 933. The molecule has 2 aromatic carbocycles. The number of hydrogen-bond acceptors (Lipinski definition) is 5. The minimum atomic E-state index is -1.75. The summed E-state index contributed by atoms with van der Waals surface area (Å²) in [5.41, 5.74) is 0.0242. The summed E-state index contributed by atoms with van der Waals surface area (Å²) in [6, 6.07) is 19.4. The molecule has 1 aliphatic rings. The van der Waals surface area contributed by atoms with E-state index in [9.17, 15) is 14.7 Å². The maximum atomic E-state index is 12.7. The molecular weight excluding hydrogens is 450 g/mol. The molecule has 0 saturated carbocycles. The zero-order chi connectivity index (χ0) is 24.6. The van der Waals surface area contributed by atoms with Crippen molar-refractivity contribution in [2.75, 3.05) is 13.4 Å². The van der Waals surface area contributed by atoms with Crippen LogP contribution >= 0.6 is 0 Å². The van der Waals surface area contributed by atoms with Crippen LogP contribution in [0, 0.1) is 0 Å². The lowest BCUT2D eigenvalue weighted by molar-refractivity contribution is -0.164. The topological polar surface area (TPSA) is 94.1 Å². The average molecular weight is 486 g/mol. The molecule has 1 aliphatic heterocycles. The van der Waals surface area contributed by atoms with Crippen LogP contribution in [0.1, 0.15) is 17.5 Å². The largest absolute Gasteiger partial charge is 0.478 e. The van der Waals surface area contributed by atoms with E-state index >= 15 is 0 Å². The molecule has 184 valence electrons. The second kappa shape index (κ2) is 11.6. The van der Waals surface area contributed by atoms with Gasteiger partial charge in [0, 0.05) is 27.5 Å². The minimum absolute atomic E-state index is 0.00481. The van der Waals surface area contributed by atoms with E-state index in [-0.39, 0.29) is 19.6 Å². The van der Waals surface area contributed by atoms with Gasteiger partial charge in [-0.25, -0.2) is 9.59 Å². The van der Waals surface area contributed by atoms with Gasteiger partial charge in [-0.1, -0.05) is 80.3 Å². The van der Waals surface area contributed by atoms with Gasteiger partial charge in [0.25, 0.3) is 0 Å². The molecule has 0 aliphatic carbocycles. The monoisotopic (exact) mass is 485 g/mol. The van der Waals surface area contributed by atoms with Gasteiger partial charge in [0.2, 0.25) is 5.60 Å². The Hall–Kier alpha value is -2.68. The predicted molar refractivity (Wildman–Crippen MR) is 133 cm³/mol. The molecule has 3 atom stereocenters. The summed E-state index contributed by atoms with van der Waals surface area (Å²) in [5.74, 6) is -1.19. The first-order valence-corrected chi connectivity index (χ1v) is 15.4. The highest BCUT2D eigenvalue weighted by atomic mass is 28.3. The van der Waals surface area contributed by atoms with Crippen LogP contribution in [0.25, 0.3) is 0 Å². The standard InChI is InChI=1S/C26H35NO6Si/c1-34(2,3)15-14-31-19-32-23-18-26(24(28)29,17-21-12-8-5-9-13-21)33-25(30)27-22(23)16-20-10-6-4-7-11-20/h4-13,22-23H,14-19H2,1-3H3,(H,27,30)(H,28,29). The second-order valence-electron chi connectivity index (χ2n) is 10.0. The smallest absolute Gasteiger partial charge is 0.408 e. The van der Waals surface area contributed by atoms with Crippen molar-refractivity contribution in [3.05, 3.63) is 71.8 Å². The van der Waals surface area contributed by atoms with Crippen LogP contribution < -0.4 is 5.32 Å². The summed E-state index contributed by atoms with van der Waals surface area (Å²) in [7, 11) is -1.24. The normalized spacial score (nSPS) is 23.0. The Morgan fingerprint density at radius 2 is 1.71 bits per heavy atom. The van der Waals surface area contributed by atoms with Crippen molar-refractivity contribution in [1.29, 1.82) is 0 Å². The Kier molecular flexibility index (Phi) is 8.88. The number of alkyl carbamates (subject to hydrolysis) is 1. The number of carboxylic acid groups (broad SMARTS) is 1. The highest BCUT2D eigenvalue weighted by Crippen LogP contribution is 2.30. The van der Waals surface area contributed by atoms with Crippen molar-refractivity contribution >= 4 is 20.1 Å². The lowest BCUT2D eigenvalue weighted by Crippen LogP contribution is -2.47. The van der Waals surface area contributed by atoms with Crippen LogP contribution in [0.3, 0.4) is 0 Å². The number of rotatable bonds is 11. The molecule has 7 nitrogen and oxygen atoms in total. The molecule has 0 aromatic heterocycles. The molecular formula is C26H35NO6Si. The van der Waals surface area contributed by atoms with Gasteiger partial charge in [-0.2, -0.15) is 0 Å². The molecule has 1 fully saturated rings. The SMILES string of the molecule is C[Si](C)(C)CCOCOC1CC(Cc2ccccc2)(C(=O)O)OC(=O)NC1Cc1ccccc1. The predicted octanol–water partition coefficient (Wildman–Crippen LogP) is 4.49. The van der Waals surface area contributed by atoms with Crippen molar-refractivity contribution in [3.8, 4) is 0 Å². The van der Waals surface area contributed by atoms with E-state index in [0.29, 0.717) is 13.0 Å². The number of ether oxygens (including phenoxy) is 3. The van der Waals surface area contributed by atoms with Crippen LogP contribution in [-0.2, 0) is 31.8 Å². The number of benzene rings is 2. The first-order valence-electron chi connectivity index (χ1n) is 11.7. The van der Waals surface area contributed by atoms with E-state index in [0.717, 1.165) is 17.2 Å². The Balaban J connectivity index is 1.81. The fourth-order valence-corrected chi connectivity index (χ4v) is 4.76. The van der Waals surface area contributed by atoms with Crippen LogP contribution in [0.5, 0.6) is 0 Å². The van der Waals surface area contributed by atoms with Crippen LogP contribution in [0.4, 0.5) is 4.79 Å². The van der Waals surface area contributed by atoms with Crippen molar-refractivity contribution in [2.24, 2.45) is 0 Å². The van der Waals surface area contributed by atoms with Gasteiger partial charge in [0.15, 0.2) is 0 Å². The first kappa shape index (κ1) is 25.9. The van der Waals surface area contributed by atoms with Gasteiger partial charge >= 0.3 is 12.1 Å². The van der Waals surface area contributed by atoms with E-state index in [1.165, 1.54) is 0 Å². The third-order valence-corrected chi connectivity index (χ3v) is 7.66. The summed E-state index contributed by atoms with van der Waals surface area (Å²) >= 11 is 0. The average Bonchev–Trinajstić information content (AvgIpc) is 2.90. The lowest BCUT2D eigenvalue weighted by atomic mass is 9.86. The molecule has 1 saturated heterocycles. The van der Waals surface area contributed by atoms with Crippen molar-refractivity contribution in [3.63, 3.8) is 0 Å².